The van der Waals surface area contributed by atoms with Gasteiger partial charge in [0.2, 0.25) is 0 Å². The maximum atomic E-state index is 11.8. The van der Waals surface area contributed by atoms with E-state index in [9.17, 15) is 4.79 Å². The Hall–Kier alpha value is -2.54. The molecule has 0 radical (unpaired) electrons. The first-order chi connectivity index (χ1) is 14.2. The van der Waals surface area contributed by atoms with Gasteiger partial charge in [0.25, 0.3) is 0 Å². The summed E-state index contributed by atoms with van der Waals surface area (Å²) in [5.74, 6) is 0.0937. The minimum absolute atomic E-state index is 0.209. The van der Waals surface area contributed by atoms with Gasteiger partial charge in [0.05, 0.1) is 5.69 Å². The summed E-state index contributed by atoms with van der Waals surface area (Å²) in [6.45, 7) is 9.67. The number of halogens is 1. The van der Waals surface area contributed by atoms with Crippen LogP contribution in [-0.2, 0) is 10.2 Å². The van der Waals surface area contributed by atoms with Crippen molar-refractivity contribution in [3.05, 3.63) is 75.4 Å². The monoisotopic (exact) mass is 512 g/mol. The van der Waals surface area contributed by atoms with Crippen LogP contribution in [0.25, 0.3) is 11.1 Å². The predicted molar refractivity (Wildman–Crippen MR) is 130 cm³/mol. The Balaban J connectivity index is 2.13. The number of nitrogens with zero attached hydrogens (tertiary/aromatic N) is 2. The second-order valence-electron chi connectivity index (χ2n) is 8.20. The molecule has 4 nitrogen and oxygen atoms in total. The molecule has 3 aromatic carbocycles. The Labute approximate surface area is 191 Å². The van der Waals surface area contributed by atoms with Crippen LogP contribution in [0.2, 0.25) is 0 Å². The van der Waals surface area contributed by atoms with Crippen LogP contribution in [0, 0.1) is 10.5 Å². The van der Waals surface area contributed by atoms with Gasteiger partial charge in [0.1, 0.15) is 5.69 Å². The number of azo groups is 1. The summed E-state index contributed by atoms with van der Waals surface area (Å²) in [6, 6.07) is 20.0. The maximum absolute atomic E-state index is 11.8. The van der Waals surface area contributed by atoms with Gasteiger partial charge in [-0.2, -0.15) is 0 Å². The van der Waals surface area contributed by atoms with Crippen LogP contribution < -0.4 is 4.74 Å². The Morgan fingerprint density at radius 1 is 0.900 bits per heavy atom. The molecule has 0 saturated heterocycles. The summed E-state index contributed by atoms with van der Waals surface area (Å²) in [5, 5.41) is 9.08. The molecule has 154 valence electrons. The molecule has 3 rings (SSSR count). The van der Waals surface area contributed by atoms with E-state index < -0.39 is 0 Å². The molecule has 0 aliphatic carbocycles. The van der Waals surface area contributed by atoms with Gasteiger partial charge < -0.3 is 4.74 Å². The Kier molecular flexibility index (Phi) is 6.71. The minimum Gasteiger partial charge on any atom is -0.424 e. The molecule has 0 aliphatic rings. The van der Waals surface area contributed by atoms with Gasteiger partial charge in [-0.05, 0) is 64.3 Å². The molecule has 0 atom stereocenters. The Morgan fingerprint density at radius 3 is 2.13 bits per heavy atom. The molecule has 0 spiro atoms. The first-order valence-electron chi connectivity index (χ1n) is 9.76. The lowest BCUT2D eigenvalue weighted by atomic mass is 9.85. The van der Waals surface area contributed by atoms with E-state index in [0.717, 1.165) is 31.5 Å². The van der Waals surface area contributed by atoms with E-state index in [0.29, 0.717) is 11.4 Å². The zero-order chi connectivity index (χ0) is 21.9. The van der Waals surface area contributed by atoms with E-state index in [1.807, 2.05) is 55.5 Å². The van der Waals surface area contributed by atoms with Crippen LogP contribution >= 0.6 is 22.6 Å². The molecule has 0 unspecified atom stereocenters. The van der Waals surface area contributed by atoms with Crippen LogP contribution in [-0.4, -0.2) is 5.97 Å². The third kappa shape index (κ3) is 5.14. The third-order valence-corrected chi connectivity index (χ3v) is 5.54. The van der Waals surface area contributed by atoms with Gasteiger partial charge in [-0.15, -0.1) is 10.2 Å². The molecular formula is C25H25IN2O2. The fraction of sp³-hybridized carbons (Fsp3) is 0.240. The van der Waals surface area contributed by atoms with Crippen molar-refractivity contribution in [1.82, 2.24) is 0 Å². The van der Waals surface area contributed by atoms with Gasteiger partial charge in [-0.25, -0.2) is 0 Å². The molecule has 30 heavy (non-hydrogen) atoms. The van der Waals surface area contributed by atoms with Gasteiger partial charge in [-0.3, -0.25) is 4.79 Å². The summed E-state index contributed by atoms with van der Waals surface area (Å²) in [7, 11) is 0. The van der Waals surface area contributed by atoms with Gasteiger partial charge in [0, 0.05) is 21.6 Å². The van der Waals surface area contributed by atoms with Crippen LogP contribution in [0.3, 0.4) is 0 Å². The normalized spacial score (nSPS) is 11.7. The zero-order valence-electron chi connectivity index (χ0n) is 17.9. The van der Waals surface area contributed by atoms with Gasteiger partial charge in [-0.1, -0.05) is 63.2 Å². The summed E-state index contributed by atoms with van der Waals surface area (Å²) >= 11 is 2.33. The van der Waals surface area contributed by atoms with E-state index in [-0.39, 0.29) is 11.4 Å². The fourth-order valence-corrected chi connectivity index (χ4v) is 3.89. The number of hydrogen-bond acceptors (Lipinski definition) is 4. The average molecular weight is 512 g/mol. The summed E-state index contributed by atoms with van der Waals surface area (Å²) in [4.78, 5) is 11.8. The molecule has 0 amide bonds. The van der Waals surface area contributed by atoms with Crippen LogP contribution in [0.5, 0.6) is 5.75 Å². The first-order valence-corrected chi connectivity index (χ1v) is 10.8. The summed E-state index contributed by atoms with van der Waals surface area (Å²) < 4.78 is 6.73. The first kappa shape index (κ1) is 22.2. The molecule has 0 aromatic heterocycles. The SMILES string of the molecule is CC(=O)Oc1c(N=Nc2ccccc2-c2ccccc2I)cc(C)cc1C(C)(C)C. The lowest BCUT2D eigenvalue weighted by Crippen LogP contribution is -2.15. The van der Waals surface area contributed by atoms with Crippen molar-refractivity contribution < 1.29 is 9.53 Å². The molecule has 0 N–H and O–H groups in total. The highest BCUT2D eigenvalue weighted by Crippen LogP contribution is 2.41. The topological polar surface area (TPSA) is 51.0 Å². The van der Waals surface area contributed by atoms with E-state index in [1.54, 1.807) is 0 Å². The van der Waals surface area contributed by atoms with E-state index in [1.165, 1.54) is 6.92 Å². The standard InChI is InChI=1S/C25H25IN2O2/c1-16-14-20(25(3,4)5)24(30-17(2)29)23(15-16)28-27-22-13-9-7-11-19(22)18-10-6-8-12-21(18)26/h6-15H,1-5H3. The molecule has 3 aromatic rings. The highest BCUT2D eigenvalue weighted by Gasteiger charge is 2.23. The minimum atomic E-state index is -0.375. The number of carbonyl (C=O) groups excluding carboxylic acids is 1. The number of hydrogen-bond donors (Lipinski definition) is 0. The third-order valence-electron chi connectivity index (χ3n) is 4.60. The number of carbonyl (C=O) groups is 1. The quantitative estimate of drug-likeness (QED) is 0.154. The van der Waals surface area contributed by atoms with Crippen molar-refractivity contribution in [2.24, 2.45) is 10.2 Å². The van der Waals surface area contributed by atoms with Crippen molar-refractivity contribution in [3.63, 3.8) is 0 Å². The lowest BCUT2D eigenvalue weighted by molar-refractivity contribution is -0.131. The second-order valence-corrected chi connectivity index (χ2v) is 9.36. The zero-order valence-corrected chi connectivity index (χ0v) is 20.0. The van der Waals surface area contributed by atoms with E-state index in [4.69, 9.17) is 4.74 Å². The van der Waals surface area contributed by atoms with Crippen molar-refractivity contribution >= 4 is 39.9 Å². The van der Waals surface area contributed by atoms with E-state index in [2.05, 4.69) is 65.7 Å². The van der Waals surface area contributed by atoms with Crippen LogP contribution in [0.4, 0.5) is 11.4 Å². The van der Waals surface area contributed by atoms with Crippen LogP contribution in [0.15, 0.2) is 70.9 Å². The number of ether oxygens (including phenoxy) is 1. The summed E-state index contributed by atoms with van der Waals surface area (Å²) in [6.07, 6.45) is 0. The fourth-order valence-electron chi connectivity index (χ4n) is 3.21. The highest BCUT2D eigenvalue weighted by molar-refractivity contribution is 14.1. The van der Waals surface area contributed by atoms with Crippen molar-refractivity contribution in [2.45, 2.75) is 40.0 Å². The van der Waals surface area contributed by atoms with Crippen molar-refractivity contribution in [2.75, 3.05) is 0 Å². The van der Waals surface area contributed by atoms with Gasteiger partial charge >= 0.3 is 5.97 Å². The highest BCUT2D eigenvalue weighted by atomic mass is 127. The lowest BCUT2D eigenvalue weighted by Gasteiger charge is -2.23. The number of esters is 1. The van der Waals surface area contributed by atoms with Gasteiger partial charge in [0.15, 0.2) is 5.75 Å². The maximum Gasteiger partial charge on any atom is 0.308 e. The molecule has 0 fully saturated rings. The second kappa shape index (κ2) is 9.08. The smallest absolute Gasteiger partial charge is 0.308 e. The number of rotatable bonds is 4. The molecule has 0 saturated carbocycles. The molecule has 0 bridgehead atoms. The molecule has 0 heterocycles. The Bertz CT molecular complexity index is 1110. The molecular weight excluding hydrogens is 487 g/mol. The van der Waals surface area contributed by atoms with Crippen LogP contribution in [0.1, 0.15) is 38.8 Å². The Morgan fingerprint density at radius 2 is 1.50 bits per heavy atom. The molecule has 0 aliphatic heterocycles. The predicted octanol–water partition coefficient (Wildman–Crippen LogP) is 7.90. The van der Waals surface area contributed by atoms with E-state index >= 15 is 0 Å². The average Bonchev–Trinajstić information content (AvgIpc) is 2.67. The molecule has 5 heteroatoms. The van der Waals surface area contributed by atoms with Crippen molar-refractivity contribution in [1.29, 1.82) is 0 Å². The largest absolute Gasteiger partial charge is 0.424 e. The summed E-state index contributed by atoms with van der Waals surface area (Å²) in [5.41, 5.74) is 5.17. The number of aryl methyl sites for hydroxylation is 1. The number of benzene rings is 3. The van der Waals surface area contributed by atoms with Crippen molar-refractivity contribution in [3.8, 4) is 16.9 Å².